The molecule has 2 heterocycles. The van der Waals surface area contributed by atoms with E-state index < -0.39 is 6.09 Å². The van der Waals surface area contributed by atoms with E-state index in [2.05, 4.69) is 0 Å². The molecule has 1 saturated heterocycles. The third-order valence-corrected chi connectivity index (χ3v) is 4.83. The first-order valence-electron chi connectivity index (χ1n) is 7.23. The topological polar surface area (TPSA) is 46.6 Å². The van der Waals surface area contributed by atoms with E-state index in [9.17, 15) is 9.59 Å². The summed E-state index contributed by atoms with van der Waals surface area (Å²) in [6.45, 7) is 4.23. The second-order valence-electron chi connectivity index (χ2n) is 5.62. The van der Waals surface area contributed by atoms with E-state index in [1.165, 1.54) is 15.7 Å². The van der Waals surface area contributed by atoms with E-state index in [0.717, 1.165) is 10.3 Å². The number of amides is 2. The fourth-order valence-electron chi connectivity index (χ4n) is 2.50. The predicted octanol–water partition coefficient (Wildman–Crippen LogP) is 3.92. The number of fused-ring (bicyclic) bond motifs is 1. The zero-order valence-corrected chi connectivity index (χ0v) is 13.3. The molecule has 114 valence electrons. The number of nitrogens with zero attached hydrogens (tertiary/aromatic N) is 1. The summed E-state index contributed by atoms with van der Waals surface area (Å²) in [4.78, 5) is 26.2. The third kappa shape index (κ3) is 2.76. The lowest BCUT2D eigenvalue weighted by molar-refractivity contribution is -0.124. The van der Waals surface area contributed by atoms with Crippen molar-refractivity contribution >= 4 is 39.5 Å². The van der Waals surface area contributed by atoms with Crippen LogP contribution in [0.25, 0.3) is 16.2 Å². The van der Waals surface area contributed by atoms with Gasteiger partial charge in [0.2, 0.25) is 0 Å². The lowest BCUT2D eigenvalue weighted by atomic mass is 10.0. The van der Waals surface area contributed by atoms with E-state index in [0.29, 0.717) is 0 Å². The van der Waals surface area contributed by atoms with Crippen molar-refractivity contribution in [3.63, 3.8) is 0 Å². The highest BCUT2D eigenvalue weighted by Gasteiger charge is 2.38. The molecule has 1 aliphatic heterocycles. The minimum absolute atomic E-state index is 0.174. The first-order chi connectivity index (χ1) is 10.6. The van der Waals surface area contributed by atoms with Crippen molar-refractivity contribution < 1.29 is 14.3 Å². The van der Waals surface area contributed by atoms with Gasteiger partial charge in [0, 0.05) is 15.7 Å². The Morgan fingerprint density at radius 3 is 2.91 bits per heavy atom. The summed E-state index contributed by atoms with van der Waals surface area (Å²) in [5.74, 6) is -0.146. The quantitative estimate of drug-likeness (QED) is 0.807. The Hall–Kier alpha value is -2.14. The van der Waals surface area contributed by atoms with Crippen molar-refractivity contribution in [3.8, 4) is 0 Å². The van der Waals surface area contributed by atoms with Crippen molar-refractivity contribution in [3.05, 3.63) is 41.3 Å². The maximum atomic E-state index is 12.3. The van der Waals surface area contributed by atoms with Crippen LogP contribution in [-0.4, -0.2) is 29.5 Å². The monoisotopic (exact) mass is 315 g/mol. The number of ether oxygens (including phenoxy) is 1. The van der Waals surface area contributed by atoms with Crippen LogP contribution in [0.5, 0.6) is 0 Å². The van der Waals surface area contributed by atoms with Gasteiger partial charge in [-0.15, -0.1) is 11.3 Å². The summed E-state index contributed by atoms with van der Waals surface area (Å²) < 4.78 is 6.17. The van der Waals surface area contributed by atoms with Crippen LogP contribution in [0.15, 0.2) is 36.4 Å². The minimum atomic E-state index is -0.551. The van der Waals surface area contributed by atoms with Crippen LogP contribution in [-0.2, 0) is 9.53 Å². The van der Waals surface area contributed by atoms with E-state index in [1.807, 2.05) is 44.2 Å². The predicted molar refractivity (Wildman–Crippen MR) is 87.7 cm³/mol. The molecule has 0 saturated carbocycles. The SMILES string of the molecule is CC(C)C1COC(=O)N1C(=O)C=Cc1cc2ccccc2s1. The molecule has 0 spiro atoms. The second kappa shape index (κ2) is 5.93. The Morgan fingerprint density at radius 2 is 2.18 bits per heavy atom. The zero-order valence-electron chi connectivity index (χ0n) is 12.5. The molecule has 1 fully saturated rings. The summed E-state index contributed by atoms with van der Waals surface area (Å²) in [5, 5.41) is 1.15. The van der Waals surface area contributed by atoms with E-state index >= 15 is 0 Å². The molecule has 2 amide bonds. The van der Waals surface area contributed by atoms with Gasteiger partial charge in [-0.2, -0.15) is 0 Å². The van der Waals surface area contributed by atoms with Gasteiger partial charge in [0.1, 0.15) is 6.61 Å². The second-order valence-corrected chi connectivity index (χ2v) is 6.73. The van der Waals surface area contributed by atoms with Crippen LogP contribution in [0.4, 0.5) is 4.79 Å². The van der Waals surface area contributed by atoms with Gasteiger partial charge in [-0.05, 0) is 29.5 Å². The lowest BCUT2D eigenvalue weighted by Gasteiger charge is -2.20. The number of thiophene rings is 1. The molecular weight excluding hydrogens is 298 g/mol. The average Bonchev–Trinajstić information content (AvgIpc) is 3.07. The van der Waals surface area contributed by atoms with Crippen molar-refractivity contribution in [2.75, 3.05) is 6.61 Å². The van der Waals surface area contributed by atoms with Gasteiger partial charge in [-0.25, -0.2) is 9.69 Å². The highest BCUT2D eigenvalue weighted by atomic mass is 32.1. The van der Waals surface area contributed by atoms with Crippen molar-refractivity contribution in [2.24, 2.45) is 5.92 Å². The first kappa shape index (κ1) is 14.8. The zero-order chi connectivity index (χ0) is 15.7. The number of imide groups is 1. The van der Waals surface area contributed by atoms with E-state index in [-0.39, 0.29) is 24.5 Å². The molecular formula is C17H17NO3S. The van der Waals surface area contributed by atoms with Gasteiger partial charge in [0.15, 0.2) is 0 Å². The van der Waals surface area contributed by atoms with Crippen molar-refractivity contribution in [2.45, 2.75) is 19.9 Å². The summed E-state index contributed by atoms with van der Waals surface area (Å²) in [6.07, 6.45) is 2.66. The molecule has 1 unspecified atom stereocenters. The molecule has 1 aromatic carbocycles. The Bertz CT molecular complexity index is 714. The van der Waals surface area contributed by atoms with Crippen LogP contribution < -0.4 is 0 Å². The van der Waals surface area contributed by atoms with Gasteiger partial charge in [0.05, 0.1) is 6.04 Å². The number of carbonyl (C=O) groups excluding carboxylic acids is 2. The van der Waals surface area contributed by atoms with Gasteiger partial charge in [0.25, 0.3) is 5.91 Å². The number of hydrogen-bond acceptors (Lipinski definition) is 4. The number of carbonyl (C=O) groups is 2. The van der Waals surface area contributed by atoms with Crippen molar-refractivity contribution in [1.82, 2.24) is 4.90 Å². The van der Waals surface area contributed by atoms with Crippen LogP contribution in [0.1, 0.15) is 18.7 Å². The number of rotatable bonds is 3. The van der Waals surface area contributed by atoms with Gasteiger partial charge in [-0.1, -0.05) is 32.0 Å². The molecule has 1 aromatic heterocycles. The van der Waals surface area contributed by atoms with E-state index in [1.54, 1.807) is 17.4 Å². The molecule has 0 aliphatic carbocycles. The lowest BCUT2D eigenvalue weighted by Crippen LogP contribution is -2.40. The number of cyclic esters (lactones) is 1. The maximum Gasteiger partial charge on any atom is 0.417 e. The van der Waals surface area contributed by atoms with Gasteiger partial charge in [-0.3, -0.25) is 4.79 Å². The normalized spacial score (nSPS) is 18.6. The molecule has 2 aromatic rings. The average molecular weight is 315 g/mol. The minimum Gasteiger partial charge on any atom is -0.447 e. The van der Waals surface area contributed by atoms with Gasteiger partial charge >= 0.3 is 6.09 Å². The summed E-state index contributed by atoms with van der Waals surface area (Å²) in [6, 6.07) is 9.91. The smallest absolute Gasteiger partial charge is 0.417 e. The molecule has 0 N–H and O–H groups in total. The Balaban J connectivity index is 1.79. The molecule has 5 heteroatoms. The molecule has 4 nitrogen and oxygen atoms in total. The standard InChI is InChI=1S/C17H17NO3S/c1-11(2)14-10-21-17(20)18(14)16(19)8-7-13-9-12-5-3-4-6-15(12)22-13/h3-9,11,14H,10H2,1-2H3. The summed E-state index contributed by atoms with van der Waals surface area (Å²) in [5.41, 5.74) is 0. The Kier molecular flexibility index (Phi) is 3.98. The molecule has 1 aliphatic rings. The van der Waals surface area contributed by atoms with Crippen LogP contribution in [0.2, 0.25) is 0 Å². The molecule has 3 rings (SSSR count). The molecule has 0 radical (unpaired) electrons. The number of benzene rings is 1. The summed E-state index contributed by atoms with van der Waals surface area (Å²) in [7, 11) is 0. The summed E-state index contributed by atoms with van der Waals surface area (Å²) >= 11 is 1.62. The largest absolute Gasteiger partial charge is 0.447 e. The molecule has 0 bridgehead atoms. The molecule has 1 atom stereocenters. The highest BCUT2D eigenvalue weighted by molar-refractivity contribution is 7.19. The van der Waals surface area contributed by atoms with Crippen LogP contribution in [0.3, 0.4) is 0 Å². The molecule has 22 heavy (non-hydrogen) atoms. The first-order valence-corrected chi connectivity index (χ1v) is 8.04. The number of hydrogen-bond donors (Lipinski definition) is 0. The highest BCUT2D eigenvalue weighted by Crippen LogP contribution is 2.26. The fraction of sp³-hybridized carbons (Fsp3) is 0.294. The van der Waals surface area contributed by atoms with Crippen molar-refractivity contribution in [1.29, 1.82) is 0 Å². The van der Waals surface area contributed by atoms with Crippen LogP contribution >= 0.6 is 11.3 Å². The fourth-order valence-corrected chi connectivity index (χ4v) is 3.47. The van der Waals surface area contributed by atoms with Gasteiger partial charge < -0.3 is 4.74 Å². The Morgan fingerprint density at radius 1 is 1.41 bits per heavy atom. The van der Waals surface area contributed by atoms with E-state index in [4.69, 9.17) is 4.74 Å². The third-order valence-electron chi connectivity index (χ3n) is 3.75. The maximum absolute atomic E-state index is 12.3. The van der Waals surface area contributed by atoms with Crippen LogP contribution in [0, 0.1) is 5.92 Å². The Labute approximate surface area is 133 Å².